The average Bonchev–Trinajstić information content (AvgIpc) is 2.76. The molecule has 2 rings (SSSR count). The van der Waals surface area contributed by atoms with Gasteiger partial charge in [-0.05, 0) is 47.1 Å². The highest BCUT2D eigenvalue weighted by Gasteiger charge is 2.09. The lowest BCUT2D eigenvalue weighted by Gasteiger charge is -2.14. The zero-order chi connectivity index (χ0) is 13.1. The summed E-state index contributed by atoms with van der Waals surface area (Å²) in [6, 6.07) is 9.70. The Labute approximate surface area is 123 Å². The molecule has 1 heterocycles. The lowest BCUT2D eigenvalue weighted by atomic mass is 10.2. The summed E-state index contributed by atoms with van der Waals surface area (Å²) in [4.78, 5) is 1.24. The summed E-state index contributed by atoms with van der Waals surface area (Å²) in [7, 11) is 0. The number of anilines is 1. The van der Waals surface area contributed by atoms with Crippen molar-refractivity contribution in [2.24, 2.45) is 0 Å². The van der Waals surface area contributed by atoms with E-state index in [0.29, 0.717) is 10.6 Å². The van der Waals surface area contributed by atoms with Crippen LogP contribution in [0.5, 0.6) is 0 Å². The normalized spacial score (nSPS) is 11.9. The zero-order valence-electron chi connectivity index (χ0n) is 9.58. The first kappa shape index (κ1) is 13.4. The minimum absolute atomic E-state index is 0.199. The molecule has 18 heavy (non-hydrogen) atoms. The molecule has 1 aromatic heterocycles. The first-order valence-electron chi connectivity index (χ1n) is 5.30. The Morgan fingerprint density at radius 1 is 1.44 bits per heavy atom. The van der Waals surface area contributed by atoms with Gasteiger partial charge in [0.1, 0.15) is 6.07 Å². The molecule has 0 bridgehead atoms. The second-order valence-corrected chi connectivity index (χ2v) is 6.11. The number of hydrogen-bond donors (Lipinski definition) is 1. The summed E-state index contributed by atoms with van der Waals surface area (Å²) < 4.78 is 1.09. The van der Waals surface area contributed by atoms with E-state index in [1.165, 1.54) is 4.88 Å². The molecule has 0 fully saturated rings. The fourth-order valence-electron chi connectivity index (χ4n) is 1.57. The van der Waals surface area contributed by atoms with Crippen LogP contribution in [0.2, 0.25) is 5.02 Å². The number of benzene rings is 1. The fraction of sp³-hybridized carbons (Fsp3) is 0.154. The first-order valence-corrected chi connectivity index (χ1v) is 7.35. The van der Waals surface area contributed by atoms with Crippen LogP contribution in [0.25, 0.3) is 0 Å². The highest BCUT2D eigenvalue weighted by atomic mass is 79.9. The van der Waals surface area contributed by atoms with Crippen LogP contribution < -0.4 is 5.32 Å². The molecule has 92 valence electrons. The SMILES string of the molecule is CC(Nc1ccc(C#N)c(Cl)c1)c1cc(Br)cs1. The third kappa shape index (κ3) is 3.05. The standard InChI is InChI=1S/C13H10BrClN2S/c1-8(13-4-10(14)7-18-13)17-11-3-2-9(6-16)12(15)5-11/h2-5,7-8,17H,1H3. The van der Waals surface area contributed by atoms with E-state index in [1.54, 1.807) is 23.5 Å². The van der Waals surface area contributed by atoms with Crippen LogP contribution in [0.15, 0.2) is 34.1 Å². The Bertz CT molecular complexity index is 603. The van der Waals surface area contributed by atoms with Crippen LogP contribution in [0.3, 0.4) is 0 Å². The molecule has 1 unspecified atom stereocenters. The van der Waals surface area contributed by atoms with Crippen molar-refractivity contribution in [1.82, 2.24) is 0 Å². The van der Waals surface area contributed by atoms with Gasteiger partial charge in [0.15, 0.2) is 0 Å². The Morgan fingerprint density at radius 2 is 2.22 bits per heavy atom. The molecule has 0 saturated carbocycles. The van der Waals surface area contributed by atoms with Crippen LogP contribution in [-0.2, 0) is 0 Å². The Hall–Kier alpha value is -1.02. The average molecular weight is 342 g/mol. The van der Waals surface area contributed by atoms with Crippen LogP contribution in [0, 0.1) is 11.3 Å². The molecular weight excluding hydrogens is 332 g/mol. The van der Waals surface area contributed by atoms with Gasteiger partial charge < -0.3 is 5.32 Å². The van der Waals surface area contributed by atoms with E-state index in [4.69, 9.17) is 16.9 Å². The molecule has 1 aromatic carbocycles. The van der Waals surface area contributed by atoms with Crippen molar-refractivity contribution < 1.29 is 0 Å². The van der Waals surface area contributed by atoms with Crippen molar-refractivity contribution in [3.63, 3.8) is 0 Å². The lowest BCUT2D eigenvalue weighted by molar-refractivity contribution is 0.907. The van der Waals surface area contributed by atoms with Gasteiger partial charge in [-0.3, -0.25) is 0 Å². The van der Waals surface area contributed by atoms with Crippen LogP contribution >= 0.6 is 38.9 Å². The van der Waals surface area contributed by atoms with Gasteiger partial charge in [0.2, 0.25) is 0 Å². The minimum Gasteiger partial charge on any atom is -0.378 e. The molecule has 0 saturated heterocycles. The number of rotatable bonds is 3. The summed E-state index contributed by atoms with van der Waals surface area (Å²) in [5.41, 5.74) is 1.41. The van der Waals surface area contributed by atoms with Crippen molar-refractivity contribution in [1.29, 1.82) is 5.26 Å². The molecule has 1 N–H and O–H groups in total. The van der Waals surface area contributed by atoms with E-state index in [0.717, 1.165) is 10.2 Å². The number of nitrogens with one attached hydrogen (secondary N) is 1. The van der Waals surface area contributed by atoms with E-state index in [2.05, 4.69) is 39.6 Å². The minimum atomic E-state index is 0.199. The van der Waals surface area contributed by atoms with Crippen LogP contribution in [-0.4, -0.2) is 0 Å². The first-order chi connectivity index (χ1) is 8.60. The van der Waals surface area contributed by atoms with Gasteiger partial charge >= 0.3 is 0 Å². The molecule has 2 nitrogen and oxygen atoms in total. The Kier molecular flexibility index (Phi) is 4.28. The van der Waals surface area contributed by atoms with Crippen molar-refractivity contribution in [3.8, 4) is 6.07 Å². The highest BCUT2D eigenvalue weighted by molar-refractivity contribution is 9.10. The van der Waals surface area contributed by atoms with Crippen molar-refractivity contribution in [2.75, 3.05) is 5.32 Å². The quantitative estimate of drug-likeness (QED) is 0.832. The summed E-state index contributed by atoms with van der Waals surface area (Å²) >= 11 is 11.1. The molecule has 0 amide bonds. The predicted molar refractivity (Wildman–Crippen MR) is 80.2 cm³/mol. The number of halogens is 2. The third-order valence-electron chi connectivity index (χ3n) is 2.49. The maximum Gasteiger partial charge on any atom is 0.101 e. The van der Waals surface area contributed by atoms with Gasteiger partial charge in [-0.1, -0.05) is 11.6 Å². The number of hydrogen-bond acceptors (Lipinski definition) is 3. The number of thiophene rings is 1. The Balaban J connectivity index is 2.15. The van der Waals surface area contributed by atoms with Crippen LogP contribution in [0.1, 0.15) is 23.4 Å². The molecule has 5 heteroatoms. The van der Waals surface area contributed by atoms with Gasteiger partial charge in [-0.25, -0.2) is 0 Å². The van der Waals surface area contributed by atoms with E-state index in [9.17, 15) is 0 Å². The maximum atomic E-state index is 8.81. The predicted octanol–water partition coefficient (Wildman–Crippen LogP) is 5.21. The van der Waals surface area contributed by atoms with E-state index >= 15 is 0 Å². The third-order valence-corrected chi connectivity index (χ3v) is 4.68. The molecule has 0 aliphatic carbocycles. The molecule has 0 aliphatic rings. The largest absolute Gasteiger partial charge is 0.378 e. The van der Waals surface area contributed by atoms with Crippen molar-refractivity contribution >= 4 is 44.6 Å². The molecule has 1 atom stereocenters. The topological polar surface area (TPSA) is 35.8 Å². The van der Waals surface area contributed by atoms with Gasteiger partial charge in [-0.15, -0.1) is 11.3 Å². The summed E-state index contributed by atoms with van der Waals surface area (Å²) in [5.74, 6) is 0. The Morgan fingerprint density at radius 3 is 2.78 bits per heavy atom. The van der Waals surface area contributed by atoms with E-state index in [1.807, 2.05) is 12.1 Å². The fourth-order valence-corrected chi connectivity index (χ4v) is 3.25. The second kappa shape index (κ2) is 5.75. The van der Waals surface area contributed by atoms with Gasteiger partial charge in [0.25, 0.3) is 0 Å². The molecule has 0 aliphatic heterocycles. The molecule has 0 radical (unpaired) electrons. The summed E-state index contributed by atoms with van der Waals surface area (Å²) in [5, 5.41) is 14.7. The van der Waals surface area contributed by atoms with E-state index in [-0.39, 0.29) is 6.04 Å². The molecular formula is C13H10BrClN2S. The van der Waals surface area contributed by atoms with Gasteiger partial charge in [0.05, 0.1) is 16.6 Å². The monoisotopic (exact) mass is 340 g/mol. The lowest BCUT2D eigenvalue weighted by Crippen LogP contribution is -2.04. The number of nitriles is 1. The zero-order valence-corrected chi connectivity index (χ0v) is 12.7. The van der Waals surface area contributed by atoms with Gasteiger partial charge in [-0.2, -0.15) is 5.26 Å². The van der Waals surface area contributed by atoms with Gasteiger partial charge in [0, 0.05) is 20.4 Å². The molecule has 0 spiro atoms. The number of nitrogens with zero attached hydrogens (tertiary/aromatic N) is 1. The summed E-state index contributed by atoms with van der Waals surface area (Å²) in [6.07, 6.45) is 0. The van der Waals surface area contributed by atoms with Crippen molar-refractivity contribution in [3.05, 3.63) is 49.6 Å². The maximum absolute atomic E-state index is 8.81. The van der Waals surface area contributed by atoms with Crippen molar-refractivity contribution in [2.45, 2.75) is 13.0 Å². The highest BCUT2D eigenvalue weighted by Crippen LogP contribution is 2.29. The molecule has 2 aromatic rings. The second-order valence-electron chi connectivity index (χ2n) is 3.84. The van der Waals surface area contributed by atoms with Crippen LogP contribution in [0.4, 0.5) is 5.69 Å². The smallest absolute Gasteiger partial charge is 0.101 e. The summed E-state index contributed by atoms with van der Waals surface area (Å²) in [6.45, 7) is 2.09. The van der Waals surface area contributed by atoms with E-state index < -0.39 is 0 Å².